The largest absolute Gasteiger partial charge is 0.444 e. The number of esters is 1. The van der Waals surface area contributed by atoms with Gasteiger partial charge in [-0.1, -0.05) is 11.6 Å². The zero-order valence-electron chi connectivity index (χ0n) is 47.3. The Labute approximate surface area is 481 Å². The Hall–Kier alpha value is -5.12. The number of hydrogen-bond acceptors (Lipinski definition) is 17. The van der Waals surface area contributed by atoms with Crippen molar-refractivity contribution in [2.45, 2.75) is 77.0 Å². The van der Waals surface area contributed by atoms with Crippen LogP contribution in [0.15, 0.2) is 42.7 Å². The van der Waals surface area contributed by atoms with Gasteiger partial charge in [-0.3, -0.25) is 19.5 Å². The van der Waals surface area contributed by atoms with Gasteiger partial charge in [-0.25, -0.2) is 18.6 Å². The second-order valence-electron chi connectivity index (χ2n) is 21.0. The normalized spacial score (nSPS) is 15.8. The number of unbranched alkanes of at least 4 members (excludes halogenated alkanes) is 1. The van der Waals surface area contributed by atoms with E-state index in [2.05, 4.69) is 19.2 Å². The predicted molar refractivity (Wildman–Crippen MR) is 294 cm³/mol. The number of anilines is 1. The van der Waals surface area contributed by atoms with Gasteiger partial charge in [-0.2, -0.15) is 8.78 Å². The number of aryl methyl sites for hydroxylation is 1. The van der Waals surface area contributed by atoms with Crippen LogP contribution >= 0.6 is 11.6 Å². The summed E-state index contributed by atoms with van der Waals surface area (Å²) in [7, 11) is 0. The molecule has 2 fully saturated rings. The van der Waals surface area contributed by atoms with Gasteiger partial charge in [-0.05, 0) is 76.3 Å². The second kappa shape index (κ2) is 32.8. The van der Waals surface area contributed by atoms with E-state index in [-0.39, 0.29) is 37.6 Å². The Kier molecular flexibility index (Phi) is 25.8. The highest BCUT2D eigenvalue weighted by Gasteiger charge is 2.53. The SMILES string of the molecule is CC(C)(C)OC(=O)N1CCC2(CC1)C(=O)N(Cc1nc3cc(Cl)ccc3n1CCCCOCCOCCOCCOCCOCCOCCOCCOCCN1CCN(CCC(=O)Oc3c(F)c(F)cc(F)c3F)CC1)c1cnccc12. The molecule has 2 amide bonds. The molecule has 20 nitrogen and oxygen atoms in total. The minimum absolute atomic E-state index is 0.00777. The highest BCUT2D eigenvalue weighted by Crippen LogP contribution is 2.48. The van der Waals surface area contributed by atoms with Gasteiger partial charge in [0, 0.05) is 82.8 Å². The van der Waals surface area contributed by atoms with E-state index in [9.17, 15) is 31.9 Å². The molecule has 0 atom stereocenters. The van der Waals surface area contributed by atoms with Crippen molar-refractivity contribution in [2.24, 2.45) is 0 Å². The van der Waals surface area contributed by atoms with Gasteiger partial charge in [0.05, 0.1) is 140 Å². The number of pyridine rings is 1. The van der Waals surface area contributed by atoms with Crippen molar-refractivity contribution < 1.29 is 79.3 Å². The Morgan fingerprint density at radius 1 is 0.646 bits per heavy atom. The van der Waals surface area contributed by atoms with E-state index in [1.54, 1.807) is 22.2 Å². The molecule has 82 heavy (non-hydrogen) atoms. The summed E-state index contributed by atoms with van der Waals surface area (Å²) in [6.07, 6.45) is 5.52. The number of hydrogen-bond donors (Lipinski definition) is 0. The van der Waals surface area contributed by atoms with Gasteiger partial charge in [0.2, 0.25) is 23.3 Å². The van der Waals surface area contributed by atoms with Crippen LogP contribution in [-0.4, -0.2) is 211 Å². The number of imidazole rings is 1. The van der Waals surface area contributed by atoms with Crippen molar-refractivity contribution in [3.8, 4) is 5.75 Å². The van der Waals surface area contributed by atoms with E-state index >= 15 is 0 Å². The summed E-state index contributed by atoms with van der Waals surface area (Å²) in [6.45, 7) is 18.4. The second-order valence-corrected chi connectivity index (χ2v) is 21.4. The molecule has 4 aromatic rings. The van der Waals surface area contributed by atoms with Gasteiger partial charge < -0.3 is 66.6 Å². The molecule has 5 heterocycles. The van der Waals surface area contributed by atoms with Crippen LogP contribution in [0.4, 0.5) is 28.0 Å². The average molecular weight is 1180 g/mol. The van der Waals surface area contributed by atoms with Crippen LogP contribution in [0.5, 0.6) is 5.75 Å². The number of benzene rings is 2. The number of piperidine rings is 1. The van der Waals surface area contributed by atoms with Crippen LogP contribution in [0.25, 0.3) is 11.0 Å². The molecule has 2 aromatic carbocycles. The number of halogens is 5. The summed E-state index contributed by atoms with van der Waals surface area (Å²) in [5.74, 6) is -8.40. The lowest BCUT2D eigenvalue weighted by Gasteiger charge is -2.38. The third-order valence-electron chi connectivity index (χ3n) is 14.1. The molecule has 0 saturated carbocycles. The Bertz CT molecular complexity index is 2630. The van der Waals surface area contributed by atoms with Crippen LogP contribution in [0, 0.1) is 23.3 Å². The Morgan fingerprint density at radius 2 is 1.17 bits per heavy atom. The summed E-state index contributed by atoms with van der Waals surface area (Å²) in [5, 5.41) is 0.585. The Balaban J connectivity index is 0.628. The van der Waals surface area contributed by atoms with Crippen molar-refractivity contribution in [3.63, 3.8) is 0 Å². The molecule has 3 aliphatic heterocycles. The first-order chi connectivity index (χ1) is 39.6. The van der Waals surface area contributed by atoms with Crippen molar-refractivity contribution in [1.82, 2.24) is 29.2 Å². The molecule has 7 rings (SSSR count). The molecule has 0 radical (unpaired) electrons. The number of piperazine rings is 1. The summed E-state index contributed by atoms with van der Waals surface area (Å²) >= 11 is 6.40. The van der Waals surface area contributed by atoms with Crippen LogP contribution < -0.4 is 9.64 Å². The van der Waals surface area contributed by atoms with E-state index in [0.717, 1.165) is 60.6 Å². The number of aromatic nitrogens is 3. The van der Waals surface area contributed by atoms with Crippen LogP contribution in [0.3, 0.4) is 0 Å². The van der Waals surface area contributed by atoms with Crippen molar-refractivity contribution >= 4 is 46.3 Å². The summed E-state index contributed by atoms with van der Waals surface area (Å²) in [6, 6.07) is 7.65. The lowest BCUT2D eigenvalue weighted by atomic mass is 9.74. The number of fused-ring (bicyclic) bond motifs is 3. The molecular weight excluding hydrogens is 1100 g/mol. The molecule has 3 aliphatic rings. The van der Waals surface area contributed by atoms with Crippen LogP contribution in [-0.2, 0) is 70.7 Å². The van der Waals surface area contributed by atoms with E-state index in [1.807, 2.05) is 49.9 Å². The van der Waals surface area contributed by atoms with E-state index in [1.165, 1.54) is 0 Å². The van der Waals surface area contributed by atoms with Crippen LogP contribution in [0.1, 0.15) is 64.3 Å². The van der Waals surface area contributed by atoms with Gasteiger partial charge >= 0.3 is 12.1 Å². The third-order valence-corrected chi connectivity index (χ3v) is 14.3. The summed E-state index contributed by atoms with van der Waals surface area (Å²) < 4.78 is 112. The number of likely N-dealkylation sites (tertiary alicyclic amines) is 1. The van der Waals surface area contributed by atoms with Gasteiger partial charge in [-0.15, -0.1) is 0 Å². The molecule has 0 aliphatic carbocycles. The highest BCUT2D eigenvalue weighted by molar-refractivity contribution is 6.31. The summed E-state index contributed by atoms with van der Waals surface area (Å²) in [5.41, 5.74) is 2.03. The van der Waals surface area contributed by atoms with Crippen LogP contribution in [0.2, 0.25) is 5.02 Å². The predicted octanol–water partition coefficient (Wildman–Crippen LogP) is 6.98. The minimum atomic E-state index is -1.75. The smallest absolute Gasteiger partial charge is 0.410 e. The fraction of sp³-hybridized carbons (Fsp3) is 0.632. The number of rotatable bonds is 35. The van der Waals surface area contributed by atoms with Crippen molar-refractivity contribution in [3.05, 3.63) is 82.4 Å². The molecule has 2 saturated heterocycles. The van der Waals surface area contributed by atoms with Crippen molar-refractivity contribution in [1.29, 1.82) is 0 Å². The maximum Gasteiger partial charge on any atom is 0.410 e. The maximum absolute atomic E-state index is 14.5. The summed E-state index contributed by atoms with van der Waals surface area (Å²) in [4.78, 5) is 56.6. The molecule has 454 valence electrons. The lowest BCUT2D eigenvalue weighted by molar-refractivity contribution is -0.135. The molecule has 1 spiro atoms. The van der Waals surface area contributed by atoms with E-state index < -0.39 is 46.0 Å². The minimum Gasteiger partial charge on any atom is -0.444 e. The molecule has 2 aromatic heterocycles. The lowest BCUT2D eigenvalue weighted by Crippen LogP contribution is -2.51. The molecule has 0 N–H and O–H groups in total. The quantitative estimate of drug-likeness (QED) is 0.0151. The molecule has 25 heteroatoms. The molecule has 0 bridgehead atoms. The van der Waals surface area contributed by atoms with Crippen molar-refractivity contribution in [2.75, 3.05) is 163 Å². The topological polar surface area (TPSA) is 187 Å². The zero-order valence-corrected chi connectivity index (χ0v) is 48.0. The standard InChI is InChI=1S/C57H78ClF4N7O13/c1-56(2,3)82-55(72)67-15-10-57(11-16-67)43-8-12-63-40-48(43)69(54(57)71)41-49-64-46-38-42(58)6-7-47(46)68(49)13-4-5-22-73-24-26-75-28-30-77-32-34-79-36-37-80-35-33-78-31-29-76-27-25-74-23-21-66-19-17-65(18-20-66)14-9-50(70)81-53-51(61)44(59)39-45(60)52(53)62/h6-8,12,38-40H,4-5,9-11,13-37,41H2,1-3H3. The fourth-order valence-corrected chi connectivity index (χ4v) is 9.96. The maximum atomic E-state index is 14.5. The number of carbonyl (C=O) groups is 3. The van der Waals surface area contributed by atoms with Gasteiger partial charge in [0.25, 0.3) is 0 Å². The first-order valence-corrected chi connectivity index (χ1v) is 28.5. The van der Waals surface area contributed by atoms with Gasteiger partial charge in [0.15, 0.2) is 11.6 Å². The molecule has 0 unspecified atom stereocenters. The van der Waals surface area contributed by atoms with Gasteiger partial charge in [0.1, 0.15) is 11.4 Å². The first kappa shape index (κ1) is 64.4. The average Bonchev–Trinajstić information content (AvgIpc) is 2.15. The highest BCUT2D eigenvalue weighted by atomic mass is 35.5. The fourth-order valence-electron chi connectivity index (χ4n) is 9.79. The number of ether oxygens (including phenoxy) is 10. The number of carbonyl (C=O) groups excluding carboxylic acids is 3. The third kappa shape index (κ3) is 19.2. The molecular formula is C57H78ClF4N7O13. The van der Waals surface area contributed by atoms with E-state index in [0.29, 0.717) is 156 Å². The zero-order chi connectivity index (χ0) is 58.3. The number of amides is 2. The monoisotopic (exact) mass is 1180 g/mol. The Morgan fingerprint density at radius 3 is 1.72 bits per heavy atom. The first-order valence-electron chi connectivity index (χ1n) is 28.1. The number of nitrogens with zero attached hydrogens (tertiary/aromatic N) is 7. The van der Waals surface area contributed by atoms with E-state index in [4.69, 9.17) is 59.2 Å².